The zero-order valence-corrected chi connectivity index (χ0v) is 12.4. The van der Waals surface area contributed by atoms with Crippen molar-refractivity contribution in [3.05, 3.63) is 0 Å². The van der Waals surface area contributed by atoms with E-state index in [-0.39, 0.29) is 5.92 Å². The molecule has 0 aliphatic heterocycles. The topological polar surface area (TPSA) is 111 Å². The molecule has 0 saturated heterocycles. The maximum absolute atomic E-state index is 11.8. The molecule has 8 nitrogen and oxygen atoms in total. The van der Waals surface area contributed by atoms with Crippen LogP contribution in [0.2, 0.25) is 0 Å². The second kappa shape index (κ2) is 7.41. The number of rotatable bonds is 7. The van der Waals surface area contributed by atoms with Crippen LogP contribution in [0.15, 0.2) is 0 Å². The van der Waals surface area contributed by atoms with Gasteiger partial charge in [-0.1, -0.05) is 13.8 Å². The predicted molar refractivity (Wildman–Crippen MR) is 67.3 cm³/mol. The molecule has 0 saturated carbocycles. The molecule has 0 heterocycles. The van der Waals surface area contributed by atoms with E-state index in [1.807, 2.05) is 0 Å². The lowest BCUT2D eigenvalue weighted by molar-refractivity contribution is -0.143. The Morgan fingerprint density at radius 1 is 0.947 bits per heavy atom. The first-order chi connectivity index (χ1) is 8.64. The fourth-order valence-electron chi connectivity index (χ4n) is 1.24. The molecule has 0 aromatic heterocycles. The molecule has 2 N–H and O–H groups in total. The maximum Gasteiger partial charge on any atom is 0.324 e. The molecule has 0 aromatic carbocycles. The van der Waals surface area contributed by atoms with Crippen LogP contribution >= 0.6 is 0 Å². The standard InChI is InChI=1S/C10H20N2O6S/c1-6(2)8(10(14)18-5)12-19(15,16)11-7(3)9(13)17-4/h6-8,11-12H,1-5H3/t7-,8-/m0/s1. The highest BCUT2D eigenvalue weighted by atomic mass is 32.2. The monoisotopic (exact) mass is 296 g/mol. The van der Waals surface area contributed by atoms with Gasteiger partial charge in [-0.25, -0.2) is 0 Å². The Morgan fingerprint density at radius 3 is 1.79 bits per heavy atom. The molecule has 0 amide bonds. The van der Waals surface area contributed by atoms with Crippen LogP contribution in [-0.4, -0.2) is 46.7 Å². The van der Waals surface area contributed by atoms with Crippen LogP contribution in [-0.2, 0) is 29.3 Å². The van der Waals surface area contributed by atoms with Crippen LogP contribution in [0.5, 0.6) is 0 Å². The Balaban J connectivity index is 4.83. The van der Waals surface area contributed by atoms with Crippen LogP contribution in [0.3, 0.4) is 0 Å². The minimum atomic E-state index is -4.04. The lowest BCUT2D eigenvalue weighted by Crippen LogP contribution is -2.52. The van der Waals surface area contributed by atoms with Crippen LogP contribution in [0.4, 0.5) is 0 Å². The molecule has 0 aliphatic carbocycles. The van der Waals surface area contributed by atoms with Crippen molar-refractivity contribution >= 4 is 22.1 Å². The fraction of sp³-hybridized carbons (Fsp3) is 0.800. The van der Waals surface area contributed by atoms with Crippen molar-refractivity contribution in [1.82, 2.24) is 9.44 Å². The highest BCUT2D eigenvalue weighted by molar-refractivity contribution is 7.87. The van der Waals surface area contributed by atoms with E-state index >= 15 is 0 Å². The molecule has 112 valence electrons. The van der Waals surface area contributed by atoms with Gasteiger partial charge < -0.3 is 9.47 Å². The highest BCUT2D eigenvalue weighted by Crippen LogP contribution is 2.05. The predicted octanol–water partition coefficient (Wildman–Crippen LogP) is -0.830. The van der Waals surface area contributed by atoms with Crippen molar-refractivity contribution in [2.45, 2.75) is 32.9 Å². The van der Waals surface area contributed by atoms with E-state index in [1.54, 1.807) is 13.8 Å². The summed E-state index contributed by atoms with van der Waals surface area (Å²) >= 11 is 0. The van der Waals surface area contributed by atoms with Gasteiger partial charge in [-0.15, -0.1) is 0 Å². The Morgan fingerprint density at radius 2 is 1.42 bits per heavy atom. The number of hydrogen-bond donors (Lipinski definition) is 2. The molecular weight excluding hydrogens is 276 g/mol. The second-order valence-corrected chi connectivity index (χ2v) is 5.71. The Bertz CT molecular complexity index is 420. The molecule has 0 bridgehead atoms. The van der Waals surface area contributed by atoms with E-state index in [2.05, 4.69) is 18.9 Å². The van der Waals surface area contributed by atoms with Gasteiger partial charge in [-0.2, -0.15) is 17.9 Å². The van der Waals surface area contributed by atoms with E-state index in [0.717, 1.165) is 14.2 Å². The molecule has 0 aromatic rings. The third-order valence-electron chi connectivity index (χ3n) is 2.29. The van der Waals surface area contributed by atoms with Crippen molar-refractivity contribution in [2.75, 3.05) is 14.2 Å². The molecule has 0 aliphatic rings. The molecule has 0 unspecified atom stereocenters. The number of hydrogen-bond acceptors (Lipinski definition) is 6. The molecule has 2 atom stereocenters. The highest BCUT2D eigenvalue weighted by Gasteiger charge is 2.30. The number of nitrogens with one attached hydrogen (secondary N) is 2. The molecule has 0 radical (unpaired) electrons. The van der Waals surface area contributed by atoms with E-state index in [0.29, 0.717) is 0 Å². The summed E-state index contributed by atoms with van der Waals surface area (Å²) in [5, 5.41) is 0. The van der Waals surface area contributed by atoms with Gasteiger partial charge in [0.05, 0.1) is 14.2 Å². The first-order valence-electron chi connectivity index (χ1n) is 5.59. The van der Waals surface area contributed by atoms with E-state index in [9.17, 15) is 18.0 Å². The van der Waals surface area contributed by atoms with Gasteiger partial charge in [0.15, 0.2) is 0 Å². The Kier molecular flexibility index (Phi) is 6.95. The smallest absolute Gasteiger partial charge is 0.324 e. The number of ether oxygens (including phenoxy) is 2. The molecule has 9 heteroatoms. The number of carbonyl (C=O) groups excluding carboxylic acids is 2. The van der Waals surface area contributed by atoms with Crippen molar-refractivity contribution in [3.8, 4) is 0 Å². The molecule has 19 heavy (non-hydrogen) atoms. The number of methoxy groups -OCH3 is 2. The lowest BCUT2D eigenvalue weighted by atomic mass is 10.1. The van der Waals surface area contributed by atoms with Crippen molar-refractivity contribution in [1.29, 1.82) is 0 Å². The van der Waals surface area contributed by atoms with Gasteiger partial charge >= 0.3 is 11.9 Å². The van der Waals surface area contributed by atoms with Crippen molar-refractivity contribution in [2.24, 2.45) is 5.92 Å². The van der Waals surface area contributed by atoms with Gasteiger partial charge in [0, 0.05) is 0 Å². The minimum Gasteiger partial charge on any atom is -0.468 e. The number of carbonyl (C=O) groups is 2. The summed E-state index contributed by atoms with van der Waals surface area (Å²) in [6.45, 7) is 4.65. The van der Waals surface area contributed by atoms with Gasteiger partial charge in [-0.05, 0) is 12.8 Å². The van der Waals surface area contributed by atoms with Crippen LogP contribution in [0.1, 0.15) is 20.8 Å². The summed E-state index contributed by atoms with van der Waals surface area (Å²) < 4.78 is 36.6. The van der Waals surface area contributed by atoms with Crippen LogP contribution in [0, 0.1) is 5.92 Å². The average molecular weight is 296 g/mol. The quantitative estimate of drug-likeness (QED) is 0.593. The molecule has 0 rings (SSSR count). The summed E-state index contributed by atoms with van der Waals surface area (Å²) in [6, 6.07) is -2.10. The van der Waals surface area contributed by atoms with Crippen LogP contribution < -0.4 is 9.44 Å². The maximum atomic E-state index is 11.8. The molecule has 0 fully saturated rings. The Hall–Kier alpha value is -1.19. The third kappa shape index (κ3) is 5.99. The summed E-state index contributed by atoms with van der Waals surface area (Å²) in [5.74, 6) is -1.74. The number of esters is 2. The largest absolute Gasteiger partial charge is 0.468 e. The molecule has 0 spiro atoms. The van der Waals surface area contributed by atoms with E-state index in [4.69, 9.17) is 0 Å². The minimum absolute atomic E-state index is 0.308. The van der Waals surface area contributed by atoms with Crippen LogP contribution in [0.25, 0.3) is 0 Å². The SMILES string of the molecule is COC(=O)[C@H](C)NS(=O)(=O)N[C@H](C(=O)OC)C(C)C. The summed E-state index contributed by atoms with van der Waals surface area (Å²) in [5.41, 5.74) is 0. The average Bonchev–Trinajstić information content (AvgIpc) is 2.33. The van der Waals surface area contributed by atoms with Gasteiger partial charge in [-0.3, -0.25) is 9.59 Å². The zero-order chi connectivity index (χ0) is 15.2. The van der Waals surface area contributed by atoms with E-state index < -0.39 is 34.2 Å². The summed E-state index contributed by atoms with van der Waals surface area (Å²) in [4.78, 5) is 22.6. The summed E-state index contributed by atoms with van der Waals surface area (Å²) in [6.07, 6.45) is 0. The van der Waals surface area contributed by atoms with Crippen molar-refractivity contribution in [3.63, 3.8) is 0 Å². The first kappa shape index (κ1) is 17.8. The summed E-state index contributed by atoms with van der Waals surface area (Å²) in [7, 11) is -1.73. The van der Waals surface area contributed by atoms with Gasteiger partial charge in [0.25, 0.3) is 10.2 Å². The molecular formula is C10H20N2O6S. The van der Waals surface area contributed by atoms with Gasteiger partial charge in [0.2, 0.25) is 0 Å². The zero-order valence-electron chi connectivity index (χ0n) is 11.6. The second-order valence-electron chi connectivity index (χ2n) is 4.23. The normalized spacial score (nSPS) is 14.8. The fourth-order valence-corrected chi connectivity index (χ4v) is 2.57. The van der Waals surface area contributed by atoms with E-state index in [1.165, 1.54) is 6.92 Å². The Labute approximate surface area is 113 Å². The van der Waals surface area contributed by atoms with Gasteiger partial charge in [0.1, 0.15) is 12.1 Å². The lowest BCUT2D eigenvalue weighted by Gasteiger charge is -2.21. The van der Waals surface area contributed by atoms with Crippen molar-refractivity contribution < 1.29 is 27.5 Å². The first-order valence-corrected chi connectivity index (χ1v) is 7.08. The third-order valence-corrected chi connectivity index (χ3v) is 3.52.